The van der Waals surface area contributed by atoms with Gasteiger partial charge < -0.3 is 20.3 Å². The third-order valence-electron chi connectivity index (χ3n) is 16.7. The number of aliphatic hydroxyl groups is 2. The molecule has 0 rings (SSSR count). The van der Waals surface area contributed by atoms with E-state index in [0.717, 1.165) is 38.5 Å². The molecular weight excluding hydrogens is 959 g/mol. The summed E-state index contributed by atoms with van der Waals surface area (Å²) in [5.74, 6) is -0.0495. The summed E-state index contributed by atoms with van der Waals surface area (Å²) in [4.78, 5) is 24.6. The minimum atomic E-state index is -0.847. The average Bonchev–Trinajstić information content (AvgIpc) is 3.44. The first-order valence-electron chi connectivity index (χ1n) is 35.6. The second kappa shape index (κ2) is 67.8. The van der Waals surface area contributed by atoms with Gasteiger partial charge in [0.15, 0.2) is 0 Å². The molecule has 2 atom stereocenters. The molecule has 0 spiro atoms. The summed E-state index contributed by atoms with van der Waals surface area (Å²) in [6, 6.07) is -0.630. The first-order chi connectivity index (χ1) is 38.5. The van der Waals surface area contributed by atoms with Crippen molar-refractivity contribution in [1.82, 2.24) is 5.32 Å². The van der Waals surface area contributed by atoms with E-state index in [2.05, 4.69) is 31.3 Å². The van der Waals surface area contributed by atoms with Crippen LogP contribution in [0.5, 0.6) is 0 Å². The predicted octanol–water partition coefficient (Wildman–Crippen LogP) is 22.9. The fourth-order valence-electron chi connectivity index (χ4n) is 11.3. The van der Waals surface area contributed by atoms with Gasteiger partial charge in [0, 0.05) is 12.8 Å². The molecule has 3 N–H and O–H groups in total. The highest BCUT2D eigenvalue weighted by molar-refractivity contribution is 5.76. The Balaban J connectivity index is 3.39. The Kier molecular flexibility index (Phi) is 66.4. The van der Waals surface area contributed by atoms with E-state index in [1.807, 2.05) is 6.08 Å². The highest BCUT2D eigenvalue weighted by atomic mass is 16.5. The molecule has 0 aliphatic heterocycles. The van der Waals surface area contributed by atoms with Crippen molar-refractivity contribution >= 4 is 11.9 Å². The van der Waals surface area contributed by atoms with Crippen LogP contribution in [0.15, 0.2) is 24.3 Å². The van der Waals surface area contributed by atoms with Gasteiger partial charge in [-0.15, -0.1) is 0 Å². The number of nitrogens with one attached hydrogen (secondary N) is 1. The Hall–Kier alpha value is -1.66. The molecule has 1 amide bonds. The van der Waals surface area contributed by atoms with Gasteiger partial charge in [-0.3, -0.25) is 9.59 Å². The minimum absolute atomic E-state index is 0.0182. The van der Waals surface area contributed by atoms with Crippen LogP contribution >= 0.6 is 0 Å². The zero-order valence-corrected chi connectivity index (χ0v) is 52.9. The Morgan fingerprint density at radius 1 is 0.346 bits per heavy atom. The van der Waals surface area contributed by atoms with Crippen LogP contribution in [0.25, 0.3) is 0 Å². The van der Waals surface area contributed by atoms with E-state index >= 15 is 0 Å². The SMILES string of the molecule is CCCCCCCCCCCCCCCCCC/C=C/C(O)C(CO)NC(=O)CCCCCCCCCCC/C=C\CCCCCCCCCCCCCCOC(=O)CCCCCCCCCCCCCCCCCCCC. The molecule has 0 aromatic carbocycles. The first kappa shape index (κ1) is 76.3. The molecule has 6 heteroatoms. The zero-order chi connectivity index (χ0) is 56.4. The lowest BCUT2D eigenvalue weighted by molar-refractivity contribution is -0.143. The van der Waals surface area contributed by atoms with Crippen LogP contribution < -0.4 is 5.32 Å². The molecule has 0 radical (unpaired) electrons. The molecule has 0 saturated carbocycles. The molecule has 78 heavy (non-hydrogen) atoms. The number of ether oxygens (including phenoxy) is 1. The van der Waals surface area contributed by atoms with Crippen molar-refractivity contribution < 1.29 is 24.5 Å². The maximum absolute atomic E-state index is 12.5. The van der Waals surface area contributed by atoms with Gasteiger partial charge in [-0.1, -0.05) is 353 Å². The molecule has 6 nitrogen and oxygen atoms in total. The van der Waals surface area contributed by atoms with Gasteiger partial charge >= 0.3 is 5.97 Å². The summed E-state index contributed by atoms with van der Waals surface area (Å²) in [5.41, 5.74) is 0. The predicted molar refractivity (Wildman–Crippen MR) is 343 cm³/mol. The van der Waals surface area contributed by atoms with E-state index in [9.17, 15) is 19.8 Å². The largest absolute Gasteiger partial charge is 0.466 e. The average molecular weight is 1100 g/mol. The fraction of sp³-hybridized carbons (Fsp3) is 0.917. The van der Waals surface area contributed by atoms with Crippen molar-refractivity contribution in [3.05, 3.63) is 24.3 Å². The number of hydrogen-bond donors (Lipinski definition) is 3. The maximum Gasteiger partial charge on any atom is 0.305 e. The van der Waals surface area contributed by atoms with Crippen LogP contribution in [0.3, 0.4) is 0 Å². The third kappa shape index (κ3) is 63.5. The molecule has 0 bridgehead atoms. The monoisotopic (exact) mass is 1100 g/mol. The molecule has 0 aliphatic rings. The second-order valence-corrected chi connectivity index (χ2v) is 24.6. The van der Waals surface area contributed by atoms with E-state index in [4.69, 9.17) is 4.74 Å². The number of esters is 1. The van der Waals surface area contributed by atoms with Crippen molar-refractivity contribution in [2.75, 3.05) is 13.2 Å². The summed E-state index contributed by atoms with van der Waals surface area (Å²) in [7, 11) is 0. The number of allylic oxidation sites excluding steroid dienone is 3. The standard InChI is InChI=1S/C72H139NO5/c1-3-5-7-9-11-13-15-17-19-21-32-36-40-44-48-52-56-60-64-70(75)69(68-74)73-71(76)65-61-57-53-49-45-41-37-33-30-28-26-24-23-25-27-29-31-35-39-43-47-51-55-59-63-67-78-72(77)66-62-58-54-50-46-42-38-34-22-20-18-16-14-12-10-8-6-4-2/h24,26,60,64,69-70,74-75H,3-23,25,27-59,61-63,65-68H2,1-2H3,(H,73,76)/b26-24-,64-60+. The quantitative estimate of drug-likeness (QED) is 0.0320. The summed E-state index contributed by atoms with van der Waals surface area (Å²) < 4.78 is 5.51. The van der Waals surface area contributed by atoms with E-state index < -0.39 is 12.1 Å². The maximum atomic E-state index is 12.5. The van der Waals surface area contributed by atoms with Gasteiger partial charge in [0.05, 0.1) is 25.4 Å². The number of amides is 1. The van der Waals surface area contributed by atoms with Crippen LogP contribution in [-0.2, 0) is 14.3 Å². The van der Waals surface area contributed by atoms with Crippen molar-refractivity contribution in [3.8, 4) is 0 Å². The van der Waals surface area contributed by atoms with Crippen molar-refractivity contribution in [2.24, 2.45) is 0 Å². The molecule has 462 valence electrons. The van der Waals surface area contributed by atoms with Crippen molar-refractivity contribution in [3.63, 3.8) is 0 Å². The molecule has 0 saturated heterocycles. The van der Waals surface area contributed by atoms with Gasteiger partial charge in [-0.25, -0.2) is 0 Å². The Morgan fingerprint density at radius 2 is 0.603 bits per heavy atom. The number of carbonyl (C=O) groups is 2. The molecule has 0 aromatic rings. The minimum Gasteiger partial charge on any atom is -0.466 e. The summed E-state index contributed by atoms with van der Waals surface area (Å²) >= 11 is 0. The van der Waals surface area contributed by atoms with Gasteiger partial charge in [0.2, 0.25) is 5.91 Å². The van der Waals surface area contributed by atoms with Crippen LogP contribution in [0.1, 0.15) is 399 Å². The Morgan fingerprint density at radius 3 is 0.910 bits per heavy atom. The second-order valence-electron chi connectivity index (χ2n) is 24.6. The lowest BCUT2D eigenvalue weighted by atomic mass is 10.0. The summed E-state index contributed by atoms with van der Waals surface area (Å²) in [5, 5.41) is 23.2. The number of hydrogen-bond acceptors (Lipinski definition) is 5. The Bertz CT molecular complexity index is 1220. The molecule has 0 aliphatic carbocycles. The Labute approximate surface area is 488 Å². The van der Waals surface area contributed by atoms with Crippen molar-refractivity contribution in [2.45, 2.75) is 411 Å². The van der Waals surface area contributed by atoms with Crippen LogP contribution in [0, 0.1) is 0 Å². The highest BCUT2D eigenvalue weighted by Gasteiger charge is 2.18. The molecular formula is C72H139NO5. The van der Waals surface area contributed by atoms with Gasteiger partial charge in [0.1, 0.15) is 0 Å². The van der Waals surface area contributed by atoms with E-state index in [-0.39, 0.29) is 18.5 Å². The van der Waals surface area contributed by atoms with Gasteiger partial charge in [-0.05, 0) is 57.8 Å². The summed E-state index contributed by atoms with van der Waals surface area (Å²) in [6.45, 7) is 4.95. The van der Waals surface area contributed by atoms with Crippen LogP contribution in [-0.4, -0.2) is 47.4 Å². The molecule has 0 aromatic heterocycles. The summed E-state index contributed by atoms with van der Waals surface area (Å²) in [6.07, 6.45) is 85.4. The van der Waals surface area contributed by atoms with Crippen LogP contribution in [0.4, 0.5) is 0 Å². The lowest BCUT2D eigenvalue weighted by Gasteiger charge is -2.20. The topological polar surface area (TPSA) is 95.9 Å². The highest BCUT2D eigenvalue weighted by Crippen LogP contribution is 2.19. The lowest BCUT2D eigenvalue weighted by Crippen LogP contribution is -2.45. The molecule has 0 heterocycles. The normalized spacial score (nSPS) is 12.6. The number of unbranched alkanes of at least 4 members (excludes halogenated alkanes) is 54. The third-order valence-corrected chi connectivity index (χ3v) is 16.7. The molecule has 0 fully saturated rings. The fourth-order valence-corrected chi connectivity index (χ4v) is 11.3. The zero-order valence-electron chi connectivity index (χ0n) is 52.9. The van der Waals surface area contributed by atoms with E-state index in [0.29, 0.717) is 19.4 Å². The van der Waals surface area contributed by atoms with Gasteiger partial charge in [0.25, 0.3) is 0 Å². The smallest absolute Gasteiger partial charge is 0.305 e. The number of rotatable bonds is 67. The molecule has 2 unspecified atom stereocenters. The van der Waals surface area contributed by atoms with Gasteiger partial charge in [-0.2, -0.15) is 0 Å². The van der Waals surface area contributed by atoms with Crippen LogP contribution in [0.2, 0.25) is 0 Å². The first-order valence-corrected chi connectivity index (χ1v) is 35.6. The van der Waals surface area contributed by atoms with E-state index in [1.165, 1.54) is 334 Å². The van der Waals surface area contributed by atoms with E-state index in [1.54, 1.807) is 6.08 Å². The van der Waals surface area contributed by atoms with Crippen molar-refractivity contribution in [1.29, 1.82) is 0 Å². The number of aliphatic hydroxyl groups excluding tert-OH is 2. The number of carbonyl (C=O) groups excluding carboxylic acids is 2.